The fourth-order valence-corrected chi connectivity index (χ4v) is 4.17. The number of piperidine rings is 1. The molecule has 2 aliphatic heterocycles. The zero-order chi connectivity index (χ0) is 17.2. The second kappa shape index (κ2) is 7.47. The van der Waals surface area contributed by atoms with Gasteiger partial charge in [-0.3, -0.25) is 4.18 Å². The molecule has 0 amide bonds. The first-order valence-corrected chi connectivity index (χ1v) is 10.2. The van der Waals surface area contributed by atoms with E-state index in [2.05, 4.69) is 4.90 Å². The molecule has 7 heteroatoms. The van der Waals surface area contributed by atoms with Gasteiger partial charge in [0.05, 0.1) is 12.4 Å². The molecule has 0 saturated carbocycles. The molecule has 2 saturated heterocycles. The van der Waals surface area contributed by atoms with E-state index in [1.807, 2.05) is 0 Å². The number of ether oxygens (including phenoxy) is 1. The van der Waals surface area contributed by atoms with Crippen molar-refractivity contribution in [2.45, 2.75) is 44.0 Å². The van der Waals surface area contributed by atoms with E-state index in [9.17, 15) is 12.8 Å². The van der Waals surface area contributed by atoms with E-state index in [0.717, 1.165) is 31.5 Å². The van der Waals surface area contributed by atoms with Crippen LogP contribution in [0.15, 0.2) is 24.3 Å². The topological polar surface area (TPSA) is 55.8 Å². The summed E-state index contributed by atoms with van der Waals surface area (Å²) in [5.74, 6) is -0.331. The molecule has 0 aliphatic carbocycles. The van der Waals surface area contributed by atoms with Gasteiger partial charge < -0.3 is 9.64 Å². The van der Waals surface area contributed by atoms with Gasteiger partial charge in [-0.05, 0) is 43.6 Å². The third kappa shape index (κ3) is 4.75. The van der Waals surface area contributed by atoms with Crippen LogP contribution in [-0.2, 0) is 19.0 Å². The van der Waals surface area contributed by atoms with Crippen molar-refractivity contribution in [3.8, 4) is 0 Å². The molecule has 0 bridgehead atoms. The van der Waals surface area contributed by atoms with Gasteiger partial charge in [-0.1, -0.05) is 18.6 Å². The summed E-state index contributed by atoms with van der Waals surface area (Å²) in [4.78, 5) is 2.36. The highest BCUT2D eigenvalue weighted by Crippen LogP contribution is 2.36. The Bertz CT molecular complexity index is 643. The maximum absolute atomic E-state index is 13.2. The summed E-state index contributed by atoms with van der Waals surface area (Å²) in [7, 11) is -3.58. The molecule has 3 rings (SSSR count). The van der Waals surface area contributed by atoms with Gasteiger partial charge in [-0.25, -0.2) is 4.39 Å². The van der Waals surface area contributed by atoms with Gasteiger partial charge in [0.1, 0.15) is 18.0 Å². The summed E-state index contributed by atoms with van der Waals surface area (Å²) in [6, 6.07) is 5.96. The molecule has 0 radical (unpaired) electrons. The molecule has 1 aromatic carbocycles. The van der Waals surface area contributed by atoms with E-state index in [0.29, 0.717) is 6.42 Å². The summed E-state index contributed by atoms with van der Waals surface area (Å²) >= 11 is 0. The molecular weight excluding hydrogens is 333 g/mol. The maximum atomic E-state index is 13.2. The van der Waals surface area contributed by atoms with Crippen LogP contribution in [0, 0.1) is 5.82 Å². The van der Waals surface area contributed by atoms with Crippen LogP contribution in [0.3, 0.4) is 0 Å². The van der Waals surface area contributed by atoms with Gasteiger partial charge >= 0.3 is 0 Å². The van der Waals surface area contributed by atoms with Crippen molar-refractivity contribution in [1.82, 2.24) is 4.90 Å². The third-order valence-electron chi connectivity index (χ3n) is 4.58. The van der Waals surface area contributed by atoms with Crippen molar-refractivity contribution in [3.05, 3.63) is 35.6 Å². The normalized spacial score (nSPS) is 29.0. The minimum Gasteiger partial charge on any atom is -0.366 e. The van der Waals surface area contributed by atoms with Gasteiger partial charge in [0.15, 0.2) is 0 Å². The maximum Gasteiger partial charge on any atom is 0.264 e. The first-order valence-electron chi connectivity index (χ1n) is 8.42. The average molecular weight is 357 g/mol. The van der Waals surface area contributed by atoms with E-state index >= 15 is 0 Å². The monoisotopic (exact) mass is 357 g/mol. The zero-order valence-corrected chi connectivity index (χ0v) is 14.7. The molecule has 3 atom stereocenters. The first kappa shape index (κ1) is 17.8. The van der Waals surface area contributed by atoms with Crippen LogP contribution in [0.2, 0.25) is 0 Å². The van der Waals surface area contributed by atoms with Gasteiger partial charge in [0, 0.05) is 13.0 Å². The van der Waals surface area contributed by atoms with Crippen LogP contribution in [0.4, 0.5) is 4.39 Å². The largest absolute Gasteiger partial charge is 0.366 e. The van der Waals surface area contributed by atoms with E-state index in [4.69, 9.17) is 8.92 Å². The number of hydrogen-bond donors (Lipinski definition) is 0. The van der Waals surface area contributed by atoms with Crippen LogP contribution in [0.25, 0.3) is 0 Å². The molecule has 2 aliphatic rings. The van der Waals surface area contributed by atoms with E-state index in [1.54, 1.807) is 12.1 Å². The van der Waals surface area contributed by atoms with Crippen molar-refractivity contribution < 1.29 is 21.7 Å². The summed E-state index contributed by atoms with van der Waals surface area (Å²) in [5, 5.41) is 0. The van der Waals surface area contributed by atoms with Gasteiger partial charge in [-0.2, -0.15) is 8.42 Å². The molecule has 0 unspecified atom stereocenters. The Balaban J connectivity index is 1.72. The molecule has 0 aromatic heterocycles. The fraction of sp³-hybridized carbons (Fsp3) is 0.647. The van der Waals surface area contributed by atoms with Crippen LogP contribution in [-0.4, -0.2) is 51.4 Å². The highest BCUT2D eigenvalue weighted by Gasteiger charge is 2.39. The Morgan fingerprint density at radius 3 is 2.50 bits per heavy atom. The van der Waals surface area contributed by atoms with Crippen molar-refractivity contribution in [2.24, 2.45) is 0 Å². The number of hydrogen-bond acceptors (Lipinski definition) is 5. The third-order valence-corrected chi connectivity index (χ3v) is 5.18. The quantitative estimate of drug-likeness (QED) is 0.758. The van der Waals surface area contributed by atoms with Crippen LogP contribution in [0.1, 0.15) is 37.4 Å². The Hall–Kier alpha value is -1.02. The summed E-state index contributed by atoms with van der Waals surface area (Å²) in [6.07, 6.45) is 4.08. The minimum atomic E-state index is -3.58. The molecule has 134 valence electrons. The summed E-state index contributed by atoms with van der Waals surface area (Å²) in [6.45, 7) is 2.89. The molecule has 1 aromatic rings. The Morgan fingerprint density at radius 1 is 1.21 bits per heavy atom. The predicted octanol–water partition coefficient (Wildman–Crippen LogP) is 2.49. The van der Waals surface area contributed by atoms with Gasteiger partial charge in [0.25, 0.3) is 10.1 Å². The molecule has 2 heterocycles. The first-order chi connectivity index (χ1) is 11.4. The molecule has 0 spiro atoms. The van der Waals surface area contributed by atoms with Crippen molar-refractivity contribution in [3.63, 3.8) is 0 Å². The number of halogens is 1. The highest BCUT2D eigenvalue weighted by atomic mass is 32.2. The van der Waals surface area contributed by atoms with Gasteiger partial charge in [-0.15, -0.1) is 0 Å². The molecule has 5 nitrogen and oxygen atoms in total. The van der Waals surface area contributed by atoms with E-state index < -0.39 is 22.3 Å². The standard InChI is InChI=1S/C17H24FNO4S/c1-24(20,21)23-16-11-15(12-19-9-3-2-4-10-19)22-17(16)13-5-7-14(18)8-6-13/h5-8,15-17H,2-4,9-12H2,1H3/t15-,16-,17-/m0/s1. The molecular formula is C17H24FNO4S. The van der Waals surface area contributed by atoms with Crippen molar-refractivity contribution in [1.29, 1.82) is 0 Å². The fourth-order valence-electron chi connectivity index (χ4n) is 3.54. The summed E-state index contributed by atoms with van der Waals surface area (Å²) in [5.41, 5.74) is 0.742. The van der Waals surface area contributed by atoms with E-state index in [1.165, 1.54) is 31.4 Å². The van der Waals surface area contributed by atoms with Gasteiger partial charge in [0.2, 0.25) is 0 Å². The Labute approximate surface area is 142 Å². The van der Waals surface area contributed by atoms with Crippen molar-refractivity contribution in [2.75, 3.05) is 25.9 Å². The molecule has 24 heavy (non-hydrogen) atoms. The molecule has 0 N–H and O–H groups in total. The number of benzene rings is 1. The van der Waals surface area contributed by atoms with Crippen molar-refractivity contribution >= 4 is 10.1 Å². The smallest absolute Gasteiger partial charge is 0.264 e. The minimum absolute atomic E-state index is 0.0788. The van der Waals surface area contributed by atoms with Crippen LogP contribution < -0.4 is 0 Å². The SMILES string of the molecule is CS(=O)(=O)O[C@H]1C[C@@H](CN2CCCCC2)O[C@H]1c1ccc(F)cc1. The average Bonchev–Trinajstić information content (AvgIpc) is 2.89. The Morgan fingerprint density at radius 2 is 1.88 bits per heavy atom. The van der Waals surface area contributed by atoms with E-state index in [-0.39, 0.29) is 11.9 Å². The second-order valence-corrected chi connectivity index (χ2v) is 8.27. The lowest BCUT2D eigenvalue weighted by Gasteiger charge is -2.28. The number of nitrogens with zero attached hydrogens (tertiary/aromatic N) is 1. The Kier molecular flexibility index (Phi) is 5.54. The lowest BCUT2D eigenvalue weighted by atomic mass is 10.0. The predicted molar refractivity (Wildman–Crippen MR) is 88.6 cm³/mol. The summed E-state index contributed by atoms with van der Waals surface area (Å²) < 4.78 is 47.6. The highest BCUT2D eigenvalue weighted by molar-refractivity contribution is 7.86. The lowest BCUT2D eigenvalue weighted by Crippen LogP contribution is -2.36. The zero-order valence-electron chi connectivity index (χ0n) is 13.9. The second-order valence-electron chi connectivity index (χ2n) is 6.67. The number of rotatable bonds is 5. The number of likely N-dealkylation sites (tertiary alicyclic amines) is 1. The lowest BCUT2D eigenvalue weighted by molar-refractivity contribution is 0.000523. The van der Waals surface area contributed by atoms with Crippen LogP contribution >= 0.6 is 0 Å². The molecule has 2 fully saturated rings. The van der Waals surface area contributed by atoms with Crippen LogP contribution in [0.5, 0.6) is 0 Å².